The molecule has 3 aromatic carbocycles. The van der Waals surface area contributed by atoms with Gasteiger partial charge in [-0.25, -0.2) is 4.98 Å². The smallest absolute Gasteiger partial charge is 0.145 e. The lowest BCUT2D eigenvalue weighted by Crippen LogP contribution is -2.26. The summed E-state index contributed by atoms with van der Waals surface area (Å²) in [5, 5.41) is 14.5. The minimum absolute atomic E-state index is 0.417. The number of thiazole rings is 1. The number of aliphatic hydroxyl groups is 1. The number of benzene rings is 3. The van der Waals surface area contributed by atoms with Crippen LogP contribution in [0.4, 0.5) is 0 Å². The number of hydrogen-bond donors (Lipinski definition) is 1. The van der Waals surface area contributed by atoms with Crippen molar-refractivity contribution in [2.75, 3.05) is 0 Å². The molecule has 0 saturated heterocycles. The molecule has 1 N–H and O–H groups in total. The molecule has 0 aliphatic heterocycles. The highest BCUT2D eigenvalue weighted by molar-refractivity contribution is 7.18. The Morgan fingerprint density at radius 2 is 1.75 bits per heavy atom. The molecule has 0 bridgehead atoms. The van der Waals surface area contributed by atoms with Crippen LogP contribution in [-0.2, 0) is 5.60 Å². The molecule has 1 heterocycles. The highest BCUT2D eigenvalue weighted by Crippen LogP contribution is 2.40. The number of rotatable bonds is 4. The summed E-state index contributed by atoms with van der Waals surface area (Å²) in [4.78, 5) is 4.71. The first-order chi connectivity index (χ1) is 11.7. The second kappa shape index (κ2) is 5.86. The van der Waals surface area contributed by atoms with E-state index < -0.39 is 5.60 Å². The molecular weight excluding hydrogens is 314 g/mol. The molecule has 0 aliphatic rings. The van der Waals surface area contributed by atoms with Gasteiger partial charge in [-0.05, 0) is 28.5 Å². The normalized spacial score (nSPS) is 13.9. The predicted molar refractivity (Wildman–Crippen MR) is 101 cm³/mol. The molecule has 1 unspecified atom stereocenters. The Labute approximate surface area is 144 Å². The summed E-state index contributed by atoms with van der Waals surface area (Å²) in [5.74, 6) is 0. The maximum absolute atomic E-state index is 11.6. The third kappa shape index (κ3) is 2.33. The topological polar surface area (TPSA) is 33.1 Å². The molecule has 118 valence electrons. The van der Waals surface area contributed by atoms with E-state index in [1.165, 1.54) is 11.3 Å². The Morgan fingerprint density at radius 3 is 2.58 bits per heavy atom. The van der Waals surface area contributed by atoms with Crippen LogP contribution in [0, 0.1) is 0 Å². The van der Waals surface area contributed by atoms with Gasteiger partial charge < -0.3 is 5.11 Å². The van der Waals surface area contributed by atoms with Crippen molar-refractivity contribution in [3.63, 3.8) is 0 Å². The third-order valence-corrected chi connectivity index (χ3v) is 5.51. The highest BCUT2D eigenvalue weighted by atomic mass is 32.1. The maximum Gasteiger partial charge on any atom is 0.145 e. The molecule has 0 fully saturated rings. The largest absolute Gasteiger partial charge is 0.378 e. The molecule has 0 amide bonds. The molecule has 2 nitrogen and oxygen atoms in total. The minimum atomic E-state index is -1.17. The summed E-state index contributed by atoms with van der Waals surface area (Å²) in [6.07, 6.45) is 2.18. The lowest BCUT2D eigenvalue weighted by Gasteiger charge is -2.26. The van der Waals surface area contributed by atoms with E-state index in [0.29, 0.717) is 11.4 Å². The molecule has 4 aromatic rings. The van der Waals surface area contributed by atoms with Crippen molar-refractivity contribution >= 4 is 32.3 Å². The van der Waals surface area contributed by atoms with E-state index >= 15 is 0 Å². The standard InChI is InChI=1S/C21H17NOS/c1-2-14-21(23,20-22-18-12-5-6-13-19(18)24-20)17-11-7-9-15-8-3-4-10-16(15)17/h2-13,23H,1,14H2. The average Bonchev–Trinajstić information content (AvgIpc) is 3.06. The fourth-order valence-corrected chi connectivity index (χ4v) is 4.24. The van der Waals surface area contributed by atoms with E-state index in [1.54, 1.807) is 6.08 Å². The van der Waals surface area contributed by atoms with Gasteiger partial charge in [0.1, 0.15) is 10.6 Å². The van der Waals surface area contributed by atoms with Crippen molar-refractivity contribution in [3.05, 3.63) is 90.0 Å². The number of aromatic nitrogens is 1. The summed E-state index contributed by atoms with van der Waals surface area (Å²) in [7, 11) is 0. The van der Waals surface area contributed by atoms with Crippen molar-refractivity contribution in [1.82, 2.24) is 4.98 Å². The van der Waals surface area contributed by atoms with Crippen LogP contribution in [0.1, 0.15) is 17.0 Å². The summed E-state index contributed by atoms with van der Waals surface area (Å²) < 4.78 is 1.08. The second-order valence-corrected chi connectivity index (χ2v) is 6.90. The molecule has 0 aliphatic carbocycles. The van der Waals surface area contributed by atoms with Gasteiger partial charge in [0, 0.05) is 6.42 Å². The van der Waals surface area contributed by atoms with E-state index in [9.17, 15) is 5.11 Å². The molecule has 4 rings (SSSR count). The summed E-state index contributed by atoms with van der Waals surface area (Å²) in [6, 6.07) is 22.1. The van der Waals surface area contributed by atoms with E-state index in [1.807, 2.05) is 54.6 Å². The van der Waals surface area contributed by atoms with Crippen LogP contribution in [-0.4, -0.2) is 10.1 Å². The second-order valence-electron chi connectivity index (χ2n) is 5.87. The molecule has 0 radical (unpaired) electrons. The van der Waals surface area contributed by atoms with Crippen molar-refractivity contribution in [2.45, 2.75) is 12.0 Å². The van der Waals surface area contributed by atoms with Crippen LogP contribution in [0.25, 0.3) is 21.0 Å². The monoisotopic (exact) mass is 331 g/mol. The summed E-state index contributed by atoms with van der Waals surface area (Å²) in [5.41, 5.74) is 0.617. The van der Waals surface area contributed by atoms with Gasteiger partial charge in [0.2, 0.25) is 0 Å². The SMILES string of the molecule is C=CCC(O)(c1nc2ccccc2s1)c1cccc2ccccc12. The number of nitrogens with zero attached hydrogens (tertiary/aromatic N) is 1. The molecule has 0 saturated carbocycles. The molecule has 1 atom stereocenters. The average molecular weight is 331 g/mol. The van der Waals surface area contributed by atoms with Crippen molar-refractivity contribution in [3.8, 4) is 0 Å². The third-order valence-electron chi connectivity index (χ3n) is 4.32. The summed E-state index contributed by atoms with van der Waals surface area (Å²) in [6.45, 7) is 3.85. The van der Waals surface area contributed by atoms with Crippen molar-refractivity contribution in [2.24, 2.45) is 0 Å². The fraction of sp³-hybridized carbons (Fsp3) is 0.0952. The van der Waals surface area contributed by atoms with Crippen LogP contribution in [0.3, 0.4) is 0 Å². The van der Waals surface area contributed by atoms with Gasteiger partial charge in [-0.1, -0.05) is 60.7 Å². The Morgan fingerprint density at radius 1 is 1.00 bits per heavy atom. The quantitative estimate of drug-likeness (QED) is 0.517. The predicted octanol–water partition coefficient (Wildman–Crippen LogP) is 5.26. The van der Waals surface area contributed by atoms with Gasteiger partial charge in [0.25, 0.3) is 0 Å². The molecule has 1 aromatic heterocycles. The zero-order chi connectivity index (χ0) is 16.6. The van der Waals surface area contributed by atoms with Gasteiger partial charge in [0.15, 0.2) is 0 Å². The van der Waals surface area contributed by atoms with E-state index in [4.69, 9.17) is 4.98 Å². The van der Waals surface area contributed by atoms with Crippen molar-refractivity contribution < 1.29 is 5.11 Å². The molecular formula is C21H17NOS. The van der Waals surface area contributed by atoms with Crippen LogP contribution in [0.2, 0.25) is 0 Å². The zero-order valence-electron chi connectivity index (χ0n) is 13.1. The molecule has 3 heteroatoms. The fourth-order valence-electron chi connectivity index (χ4n) is 3.16. The first-order valence-corrected chi connectivity index (χ1v) is 8.71. The van der Waals surface area contributed by atoms with Crippen LogP contribution in [0.5, 0.6) is 0 Å². The Balaban J connectivity index is 1.99. The van der Waals surface area contributed by atoms with E-state index in [0.717, 1.165) is 26.6 Å². The number of fused-ring (bicyclic) bond motifs is 2. The Bertz CT molecular complexity index is 998. The van der Waals surface area contributed by atoms with E-state index in [2.05, 4.69) is 18.7 Å². The zero-order valence-corrected chi connectivity index (χ0v) is 14.0. The van der Waals surface area contributed by atoms with Gasteiger partial charge in [-0.15, -0.1) is 17.9 Å². The highest BCUT2D eigenvalue weighted by Gasteiger charge is 2.35. The van der Waals surface area contributed by atoms with Crippen molar-refractivity contribution in [1.29, 1.82) is 0 Å². The van der Waals surface area contributed by atoms with Gasteiger partial charge >= 0.3 is 0 Å². The maximum atomic E-state index is 11.6. The molecule has 0 spiro atoms. The summed E-state index contributed by atoms with van der Waals surface area (Å²) >= 11 is 1.54. The Hall–Kier alpha value is -2.49. The Kier molecular flexibility index (Phi) is 3.68. The molecule has 24 heavy (non-hydrogen) atoms. The van der Waals surface area contributed by atoms with Gasteiger partial charge in [-0.2, -0.15) is 0 Å². The van der Waals surface area contributed by atoms with Gasteiger partial charge in [0.05, 0.1) is 10.2 Å². The van der Waals surface area contributed by atoms with E-state index in [-0.39, 0.29) is 0 Å². The van der Waals surface area contributed by atoms with Crippen LogP contribution < -0.4 is 0 Å². The lowest BCUT2D eigenvalue weighted by atomic mass is 9.87. The minimum Gasteiger partial charge on any atom is -0.378 e. The number of para-hydroxylation sites is 1. The van der Waals surface area contributed by atoms with Crippen LogP contribution in [0.15, 0.2) is 79.4 Å². The van der Waals surface area contributed by atoms with Gasteiger partial charge in [-0.3, -0.25) is 0 Å². The first-order valence-electron chi connectivity index (χ1n) is 7.90. The van der Waals surface area contributed by atoms with Crippen LogP contribution >= 0.6 is 11.3 Å². The first kappa shape index (κ1) is 15.1. The lowest BCUT2D eigenvalue weighted by molar-refractivity contribution is 0.0857. The number of hydrogen-bond acceptors (Lipinski definition) is 3.